The van der Waals surface area contributed by atoms with Gasteiger partial charge in [0.15, 0.2) is 10.8 Å². The number of hydrogen-bond donors (Lipinski definition) is 3. The van der Waals surface area contributed by atoms with E-state index >= 15 is 0 Å². The maximum Gasteiger partial charge on any atom is 0.290 e. The van der Waals surface area contributed by atoms with E-state index in [1.807, 2.05) is 13.2 Å². The molecule has 7 nitrogen and oxygen atoms in total. The molecule has 1 heterocycles. The largest absolute Gasteiger partial charge is 0.361 e. The summed E-state index contributed by atoms with van der Waals surface area (Å²) < 4.78 is 1.36. The van der Waals surface area contributed by atoms with Crippen molar-refractivity contribution in [2.24, 2.45) is 0 Å². The number of aryl methyl sites for hydroxylation is 1. The molecule has 0 spiro atoms. The summed E-state index contributed by atoms with van der Waals surface area (Å²) in [6, 6.07) is 7.00. The molecule has 27 heavy (non-hydrogen) atoms. The van der Waals surface area contributed by atoms with Gasteiger partial charge in [0, 0.05) is 18.5 Å². The molecule has 146 valence electrons. The summed E-state index contributed by atoms with van der Waals surface area (Å²) in [7, 11) is 0. The third kappa shape index (κ3) is 5.93. The maximum absolute atomic E-state index is 12.6. The molecule has 0 radical (unpaired) electrons. The van der Waals surface area contributed by atoms with Crippen LogP contribution < -0.4 is 21.7 Å². The number of unbranched alkanes of at least 4 members (excludes halogenated alkanes) is 1. The van der Waals surface area contributed by atoms with E-state index in [0.29, 0.717) is 22.4 Å². The Labute approximate surface area is 168 Å². The van der Waals surface area contributed by atoms with E-state index in [4.69, 9.17) is 12.2 Å². The lowest BCUT2D eigenvalue weighted by Gasteiger charge is -2.13. The van der Waals surface area contributed by atoms with Gasteiger partial charge < -0.3 is 5.32 Å². The molecule has 0 aliphatic carbocycles. The van der Waals surface area contributed by atoms with Crippen molar-refractivity contribution in [3.8, 4) is 0 Å². The van der Waals surface area contributed by atoms with Crippen LogP contribution in [0.3, 0.4) is 0 Å². The highest BCUT2D eigenvalue weighted by Crippen LogP contribution is 2.13. The van der Waals surface area contributed by atoms with E-state index in [9.17, 15) is 9.59 Å². The molecule has 0 unspecified atom stereocenters. The zero-order valence-electron chi connectivity index (χ0n) is 15.6. The SMILES string of the molecule is CCCCn1nc(C(=O)NNC(=S)NCCCSC)c2ccccc2c1=O. The maximum atomic E-state index is 12.6. The average molecular weight is 408 g/mol. The van der Waals surface area contributed by atoms with Gasteiger partial charge in [0.05, 0.1) is 5.39 Å². The molecule has 1 aromatic heterocycles. The molecule has 2 rings (SSSR count). The van der Waals surface area contributed by atoms with Crippen LogP contribution in [0.15, 0.2) is 29.1 Å². The highest BCUT2D eigenvalue weighted by Gasteiger charge is 2.16. The quantitative estimate of drug-likeness (QED) is 0.351. The van der Waals surface area contributed by atoms with Gasteiger partial charge in [-0.15, -0.1) is 0 Å². The lowest BCUT2D eigenvalue weighted by atomic mass is 10.1. The van der Waals surface area contributed by atoms with Gasteiger partial charge in [0.1, 0.15) is 0 Å². The summed E-state index contributed by atoms with van der Waals surface area (Å²) in [5.41, 5.74) is 5.25. The number of nitrogens with one attached hydrogen (secondary N) is 3. The number of carbonyl (C=O) groups is 1. The molecule has 1 amide bonds. The van der Waals surface area contributed by atoms with Crippen molar-refractivity contribution in [1.82, 2.24) is 25.9 Å². The third-order valence-electron chi connectivity index (χ3n) is 3.91. The normalized spacial score (nSPS) is 10.6. The Hall–Kier alpha value is -2.13. The number of hydrazine groups is 1. The summed E-state index contributed by atoms with van der Waals surface area (Å²) in [6.45, 7) is 3.24. The van der Waals surface area contributed by atoms with Crippen molar-refractivity contribution in [3.05, 3.63) is 40.3 Å². The number of aromatic nitrogens is 2. The van der Waals surface area contributed by atoms with Crippen LogP contribution in [-0.2, 0) is 6.54 Å². The highest BCUT2D eigenvalue weighted by molar-refractivity contribution is 7.98. The minimum Gasteiger partial charge on any atom is -0.361 e. The van der Waals surface area contributed by atoms with E-state index in [1.165, 1.54) is 4.68 Å². The molecule has 2 aromatic rings. The van der Waals surface area contributed by atoms with E-state index < -0.39 is 5.91 Å². The molecule has 0 atom stereocenters. The van der Waals surface area contributed by atoms with Crippen LogP contribution in [0.4, 0.5) is 0 Å². The van der Waals surface area contributed by atoms with E-state index in [0.717, 1.165) is 31.6 Å². The zero-order valence-corrected chi connectivity index (χ0v) is 17.2. The second-order valence-electron chi connectivity index (χ2n) is 5.96. The lowest BCUT2D eigenvalue weighted by Crippen LogP contribution is -2.47. The van der Waals surface area contributed by atoms with Crippen molar-refractivity contribution in [2.75, 3.05) is 18.6 Å². The molecule has 0 saturated heterocycles. The van der Waals surface area contributed by atoms with Gasteiger partial charge in [-0.1, -0.05) is 31.5 Å². The summed E-state index contributed by atoms with van der Waals surface area (Å²) in [5, 5.41) is 8.66. The van der Waals surface area contributed by atoms with Gasteiger partial charge in [0.2, 0.25) is 0 Å². The average Bonchev–Trinajstić information content (AvgIpc) is 2.69. The minimum absolute atomic E-state index is 0.186. The van der Waals surface area contributed by atoms with Gasteiger partial charge in [-0.05, 0) is 43.1 Å². The minimum atomic E-state index is -0.440. The van der Waals surface area contributed by atoms with Crippen molar-refractivity contribution >= 4 is 45.8 Å². The highest BCUT2D eigenvalue weighted by atomic mass is 32.2. The van der Waals surface area contributed by atoms with Gasteiger partial charge >= 0.3 is 0 Å². The van der Waals surface area contributed by atoms with E-state index in [-0.39, 0.29) is 11.3 Å². The monoisotopic (exact) mass is 407 g/mol. The molecule has 0 fully saturated rings. The molecule has 0 aliphatic rings. The fourth-order valence-corrected chi connectivity index (χ4v) is 3.08. The van der Waals surface area contributed by atoms with Gasteiger partial charge in [-0.3, -0.25) is 20.4 Å². The number of thiocarbonyl (C=S) groups is 1. The molecule has 0 aliphatic heterocycles. The summed E-state index contributed by atoms with van der Waals surface area (Å²) in [6.07, 6.45) is 4.77. The fourth-order valence-electron chi connectivity index (χ4n) is 2.50. The molecule has 3 N–H and O–H groups in total. The number of amides is 1. The first-order chi connectivity index (χ1) is 13.1. The predicted molar refractivity (Wildman–Crippen MR) is 115 cm³/mol. The Morgan fingerprint density at radius 3 is 2.67 bits per heavy atom. The molecule has 9 heteroatoms. The number of fused-ring (bicyclic) bond motifs is 1. The van der Waals surface area contributed by atoms with Crippen LogP contribution >= 0.6 is 24.0 Å². The Kier molecular flexibility index (Phi) is 8.53. The molecule has 0 saturated carbocycles. The van der Waals surface area contributed by atoms with Crippen molar-refractivity contribution in [1.29, 1.82) is 0 Å². The first kappa shape index (κ1) is 21.2. The number of thioether (sulfide) groups is 1. The Bertz CT molecular complexity index is 853. The standard InChI is InChI=1S/C18H25N5O2S2/c1-3-4-11-23-17(25)14-9-6-5-8-13(14)15(22-23)16(24)20-21-18(26)19-10-7-12-27-2/h5-6,8-9H,3-4,7,10-12H2,1-2H3,(H,20,24)(H2,19,21,26). The molecule has 0 bridgehead atoms. The van der Waals surface area contributed by atoms with Gasteiger partial charge in [-0.2, -0.15) is 16.9 Å². The van der Waals surface area contributed by atoms with E-state index in [2.05, 4.69) is 21.3 Å². The predicted octanol–water partition coefficient (Wildman–Crippen LogP) is 2.06. The number of nitrogens with zero attached hydrogens (tertiary/aromatic N) is 2. The van der Waals surface area contributed by atoms with Gasteiger partial charge in [0.25, 0.3) is 11.5 Å². The second kappa shape index (κ2) is 10.9. The lowest BCUT2D eigenvalue weighted by molar-refractivity contribution is 0.0938. The van der Waals surface area contributed by atoms with Gasteiger partial charge in [-0.25, -0.2) is 4.68 Å². The van der Waals surface area contributed by atoms with Crippen LogP contribution in [0.25, 0.3) is 10.8 Å². The van der Waals surface area contributed by atoms with E-state index in [1.54, 1.807) is 36.0 Å². The Morgan fingerprint density at radius 2 is 1.96 bits per heavy atom. The summed E-state index contributed by atoms with van der Waals surface area (Å²) in [4.78, 5) is 25.2. The Balaban J connectivity index is 2.14. The van der Waals surface area contributed by atoms with Crippen molar-refractivity contribution < 1.29 is 4.79 Å². The summed E-state index contributed by atoms with van der Waals surface area (Å²) in [5.74, 6) is 0.599. The number of rotatable bonds is 8. The number of carbonyl (C=O) groups excluding carboxylic acids is 1. The summed E-state index contributed by atoms with van der Waals surface area (Å²) >= 11 is 6.92. The number of hydrogen-bond acceptors (Lipinski definition) is 5. The first-order valence-electron chi connectivity index (χ1n) is 8.91. The van der Waals surface area contributed by atoms with Crippen LogP contribution in [0.1, 0.15) is 36.7 Å². The number of benzene rings is 1. The fraction of sp³-hybridized carbons (Fsp3) is 0.444. The van der Waals surface area contributed by atoms with Crippen molar-refractivity contribution in [3.63, 3.8) is 0 Å². The van der Waals surface area contributed by atoms with Crippen molar-refractivity contribution in [2.45, 2.75) is 32.7 Å². The zero-order chi connectivity index (χ0) is 19.6. The molecular formula is C18H25N5O2S2. The Morgan fingerprint density at radius 1 is 1.22 bits per heavy atom. The first-order valence-corrected chi connectivity index (χ1v) is 10.7. The van der Waals surface area contributed by atoms with Crippen LogP contribution in [0.5, 0.6) is 0 Å². The van der Waals surface area contributed by atoms with Crippen LogP contribution in [-0.4, -0.2) is 39.4 Å². The molecular weight excluding hydrogens is 382 g/mol. The van der Waals surface area contributed by atoms with Crippen LogP contribution in [0.2, 0.25) is 0 Å². The topological polar surface area (TPSA) is 88.1 Å². The van der Waals surface area contributed by atoms with Crippen LogP contribution in [0, 0.1) is 0 Å². The second-order valence-corrected chi connectivity index (χ2v) is 7.35. The third-order valence-corrected chi connectivity index (χ3v) is 4.85. The molecule has 1 aromatic carbocycles. The smallest absolute Gasteiger partial charge is 0.290 e.